The molecule has 0 bridgehead atoms. The van der Waals surface area contributed by atoms with Gasteiger partial charge in [-0.2, -0.15) is 0 Å². The molecule has 2 heterocycles. The fourth-order valence-electron chi connectivity index (χ4n) is 1.25. The van der Waals surface area contributed by atoms with E-state index in [0.29, 0.717) is 0 Å². The second kappa shape index (κ2) is 3.59. The Bertz CT molecular complexity index is 406. The summed E-state index contributed by atoms with van der Waals surface area (Å²) >= 11 is 0. The first-order valence-electron chi connectivity index (χ1n) is 4.47. The van der Waals surface area contributed by atoms with Crippen molar-refractivity contribution in [1.29, 1.82) is 0 Å². The van der Waals surface area contributed by atoms with Gasteiger partial charge in [0.15, 0.2) is 0 Å². The average molecular weight is 188 g/mol. The standard InChI is InChI=1S/C10H12N4/c1-8(11)9-2-3-13-10(6-9)14-5-4-12-7-14/h2-8H,11H2,1H3/t8-/m1/s1. The zero-order valence-corrected chi connectivity index (χ0v) is 7.96. The molecule has 0 spiro atoms. The van der Waals surface area contributed by atoms with Gasteiger partial charge >= 0.3 is 0 Å². The maximum Gasteiger partial charge on any atom is 0.138 e. The molecule has 0 aliphatic heterocycles. The molecule has 0 aliphatic carbocycles. The van der Waals surface area contributed by atoms with Crippen molar-refractivity contribution >= 4 is 0 Å². The van der Waals surface area contributed by atoms with Crippen molar-refractivity contribution in [2.75, 3.05) is 0 Å². The highest BCUT2D eigenvalue weighted by molar-refractivity contribution is 5.29. The predicted octanol–water partition coefficient (Wildman–Crippen LogP) is 1.29. The van der Waals surface area contributed by atoms with Crippen molar-refractivity contribution in [2.24, 2.45) is 5.73 Å². The minimum Gasteiger partial charge on any atom is -0.324 e. The fraction of sp³-hybridized carbons (Fsp3) is 0.200. The summed E-state index contributed by atoms with van der Waals surface area (Å²) < 4.78 is 1.85. The lowest BCUT2D eigenvalue weighted by Gasteiger charge is -2.07. The molecule has 4 heteroatoms. The van der Waals surface area contributed by atoms with E-state index in [9.17, 15) is 0 Å². The van der Waals surface area contributed by atoms with Crippen LogP contribution in [0.15, 0.2) is 37.1 Å². The molecule has 2 aromatic heterocycles. The van der Waals surface area contributed by atoms with Gasteiger partial charge in [-0.25, -0.2) is 9.97 Å². The van der Waals surface area contributed by atoms with Crippen LogP contribution in [0, 0.1) is 0 Å². The van der Waals surface area contributed by atoms with E-state index in [0.717, 1.165) is 11.4 Å². The van der Waals surface area contributed by atoms with Crippen molar-refractivity contribution in [3.8, 4) is 5.82 Å². The summed E-state index contributed by atoms with van der Waals surface area (Å²) in [6, 6.07) is 3.91. The molecule has 0 saturated heterocycles. The second-order valence-electron chi connectivity index (χ2n) is 3.21. The number of aromatic nitrogens is 3. The smallest absolute Gasteiger partial charge is 0.138 e. The molecule has 0 aliphatic rings. The van der Waals surface area contributed by atoms with Crippen LogP contribution in [0.5, 0.6) is 0 Å². The van der Waals surface area contributed by atoms with Crippen molar-refractivity contribution in [3.63, 3.8) is 0 Å². The van der Waals surface area contributed by atoms with Crippen LogP contribution in [0.2, 0.25) is 0 Å². The topological polar surface area (TPSA) is 56.7 Å². The zero-order valence-electron chi connectivity index (χ0n) is 7.96. The van der Waals surface area contributed by atoms with Crippen LogP contribution in [0.3, 0.4) is 0 Å². The van der Waals surface area contributed by atoms with E-state index < -0.39 is 0 Å². The maximum absolute atomic E-state index is 5.78. The lowest BCUT2D eigenvalue weighted by molar-refractivity contribution is 0.810. The monoisotopic (exact) mass is 188 g/mol. The number of nitrogens with two attached hydrogens (primary N) is 1. The summed E-state index contributed by atoms with van der Waals surface area (Å²) in [4.78, 5) is 8.20. The van der Waals surface area contributed by atoms with Gasteiger partial charge in [0.05, 0.1) is 0 Å². The molecule has 0 radical (unpaired) electrons. The first-order chi connectivity index (χ1) is 6.77. The lowest BCUT2D eigenvalue weighted by Crippen LogP contribution is -2.06. The Kier molecular flexibility index (Phi) is 2.28. The zero-order chi connectivity index (χ0) is 9.97. The second-order valence-corrected chi connectivity index (χ2v) is 3.21. The van der Waals surface area contributed by atoms with Gasteiger partial charge in [0, 0.05) is 24.6 Å². The summed E-state index contributed by atoms with van der Waals surface area (Å²) in [5.74, 6) is 0.845. The quantitative estimate of drug-likeness (QED) is 0.772. The van der Waals surface area contributed by atoms with Crippen LogP contribution in [-0.4, -0.2) is 14.5 Å². The molecule has 2 N–H and O–H groups in total. The van der Waals surface area contributed by atoms with Crippen molar-refractivity contribution in [3.05, 3.63) is 42.6 Å². The normalized spacial score (nSPS) is 12.7. The molecule has 0 saturated carbocycles. The third-order valence-corrected chi connectivity index (χ3v) is 2.06. The number of pyridine rings is 1. The average Bonchev–Trinajstić information content (AvgIpc) is 2.71. The van der Waals surface area contributed by atoms with Gasteiger partial charge in [-0.15, -0.1) is 0 Å². The minimum absolute atomic E-state index is 0.0280. The fourth-order valence-corrected chi connectivity index (χ4v) is 1.25. The van der Waals surface area contributed by atoms with Crippen LogP contribution in [-0.2, 0) is 0 Å². The van der Waals surface area contributed by atoms with Crippen LogP contribution >= 0.6 is 0 Å². The summed E-state index contributed by atoms with van der Waals surface area (Å²) in [5.41, 5.74) is 6.86. The summed E-state index contributed by atoms with van der Waals surface area (Å²) in [7, 11) is 0. The van der Waals surface area contributed by atoms with Gasteiger partial charge in [-0.05, 0) is 24.6 Å². The molecule has 4 nitrogen and oxygen atoms in total. The van der Waals surface area contributed by atoms with Crippen molar-refractivity contribution < 1.29 is 0 Å². The Morgan fingerprint density at radius 3 is 2.93 bits per heavy atom. The molecule has 0 fully saturated rings. The van der Waals surface area contributed by atoms with Gasteiger partial charge < -0.3 is 5.73 Å². The molecular weight excluding hydrogens is 176 g/mol. The first-order valence-corrected chi connectivity index (χ1v) is 4.47. The number of hydrogen-bond acceptors (Lipinski definition) is 3. The van der Waals surface area contributed by atoms with Gasteiger partial charge in [-0.3, -0.25) is 4.57 Å². The minimum atomic E-state index is 0.0280. The van der Waals surface area contributed by atoms with E-state index in [2.05, 4.69) is 9.97 Å². The van der Waals surface area contributed by atoms with Crippen molar-refractivity contribution in [1.82, 2.24) is 14.5 Å². The van der Waals surface area contributed by atoms with Gasteiger partial charge in [0.1, 0.15) is 12.1 Å². The van der Waals surface area contributed by atoms with Crippen LogP contribution in [0.25, 0.3) is 5.82 Å². The number of nitrogens with zero attached hydrogens (tertiary/aromatic N) is 3. The largest absolute Gasteiger partial charge is 0.324 e. The van der Waals surface area contributed by atoms with E-state index in [1.54, 1.807) is 18.7 Å². The first kappa shape index (κ1) is 8.90. The summed E-state index contributed by atoms with van der Waals surface area (Å²) in [6.07, 6.45) is 7.05. The molecule has 0 aromatic carbocycles. The van der Waals surface area contributed by atoms with Gasteiger partial charge in [0.2, 0.25) is 0 Å². The van der Waals surface area contributed by atoms with E-state index in [1.165, 1.54) is 0 Å². The highest BCUT2D eigenvalue weighted by atomic mass is 15.1. The van der Waals surface area contributed by atoms with E-state index in [4.69, 9.17) is 5.73 Å². The molecular formula is C10H12N4. The number of hydrogen-bond donors (Lipinski definition) is 1. The van der Waals surface area contributed by atoms with E-state index >= 15 is 0 Å². The third-order valence-electron chi connectivity index (χ3n) is 2.06. The molecule has 1 atom stereocenters. The number of imidazole rings is 1. The predicted molar refractivity (Wildman–Crippen MR) is 54.0 cm³/mol. The van der Waals surface area contributed by atoms with Gasteiger partial charge in [0.25, 0.3) is 0 Å². The third kappa shape index (κ3) is 1.65. The Morgan fingerprint density at radius 2 is 2.29 bits per heavy atom. The number of rotatable bonds is 2. The molecule has 14 heavy (non-hydrogen) atoms. The van der Waals surface area contributed by atoms with E-state index in [-0.39, 0.29) is 6.04 Å². The van der Waals surface area contributed by atoms with Gasteiger partial charge in [-0.1, -0.05) is 0 Å². The Balaban J connectivity index is 2.41. The van der Waals surface area contributed by atoms with E-state index in [1.807, 2.05) is 29.8 Å². The highest BCUT2D eigenvalue weighted by Gasteiger charge is 2.02. The highest BCUT2D eigenvalue weighted by Crippen LogP contribution is 2.12. The Morgan fingerprint density at radius 1 is 1.43 bits per heavy atom. The summed E-state index contributed by atoms with van der Waals surface area (Å²) in [5, 5.41) is 0. The van der Waals surface area contributed by atoms with Crippen LogP contribution in [0.1, 0.15) is 18.5 Å². The molecule has 0 amide bonds. The molecule has 2 aromatic rings. The Labute approximate surface area is 82.4 Å². The SMILES string of the molecule is C[C@@H](N)c1ccnc(-n2ccnc2)c1. The van der Waals surface area contributed by atoms with Crippen LogP contribution in [0.4, 0.5) is 0 Å². The molecule has 0 unspecified atom stereocenters. The Hall–Kier alpha value is -1.68. The summed E-state index contributed by atoms with van der Waals surface area (Å²) in [6.45, 7) is 1.95. The van der Waals surface area contributed by atoms with Crippen LogP contribution < -0.4 is 5.73 Å². The maximum atomic E-state index is 5.78. The lowest BCUT2D eigenvalue weighted by atomic mass is 10.1. The molecule has 72 valence electrons. The molecule has 2 rings (SSSR count). The van der Waals surface area contributed by atoms with Crippen molar-refractivity contribution in [2.45, 2.75) is 13.0 Å².